The second kappa shape index (κ2) is 5.65. The summed E-state index contributed by atoms with van der Waals surface area (Å²) in [6.07, 6.45) is 0.411. The van der Waals surface area contributed by atoms with E-state index < -0.39 is 0 Å². The van der Waals surface area contributed by atoms with Crippen LogP contribution in [0.15, 0.2) is 30.3 Å². The summed E-state index contributed by atoms with van der Waals surface area (Å²) >= 11 is 2.22. The van der Waals surface area contributed by atoms with Crippen molar-refractivity contribution in [3.8, 4) is 0 Å². The van der Waals surface area contributed by atoms with Crippen LogP contribution in [0.2, 0.25) is 0 Å². The van der Waals surface area contributed by atoms with Gasteiger partial charge in [-0.15, -0.1) is 0 Å². The Labute approximate surface area is 120 Å². The molecule has 1 heterocycles. The average Bonchev–Trinajstić information content (AvgIpc) is 2.69. The number of aryl methyl sites for hydroxylation is 2. The number of hydrogen-bond acceptors (Lipinski definition) is 2. The summed E-state index contributed by atoms with van der Waals surface area (Å²) in [5.74, 6) is 0.142. The lowest BCUT2D eigenvalue weighted by atomic mass is 10.1. The maximum absolute atomic E-state index is 12.2. The molecule has 0 saturated heterocycles. The second-order valence-corrected chi connectivity index (χ2v) is 5.45. The zero-order valence-electron chi connectivity index (χ0n) is 10.5. The van der Waals surface area contributed by atoms with Crippen molar-refractivity contribution in [2.45, 2.75) is 26.8 Å². The molecule has 0 aliphatic rings. The van der Waals surface area contributed by atoms with Crippen LogP contribution in [0.1, 0.15) is 28.7 Å². The van der Waals surface area contributed by atoms with E-state index in [9.17, 15) is 4.79 Å². The number of aromatic nitrogens is 2. The Hall–Kier alpha value is -1.17. The third-order valence-corrected chi connectivity index (χ3v) is 3.44. The van der Waals surface area contributed by atoms with Gasteiger partial charge < -0.3 is 0 Å². The lowest BCUT2D eigenvalue weighted by Crippen LogP contribution is -2.09. The van der Waals surface area contributed by atoms with Gasteiger partial charge in [0.05, 0.1) is 12.1 Å². The van der Waals surface area contributed by atoms with Gasteiger partial charge in [-0.25, -0.2) is 0 Å². The highest BCUT2D eigenvalue weighted by Gasteiger charge is 2.11. The number of halogens is 1. The highest BCUT2D eigenvalue weighted by atomic mass is 127. The molecule has 0 saturated carbocycles. The molecule has 0 bridgehead atoms. The van der Waals surface area contributed by atoms with Crippen molar-refractivity contribution < 1.29 is 4.79 Å². The fourth-order valence-corrected chi connectivity index (χ4v) is 2.49. The minimum absolute atomic E-state index is 0.142. The molecule has 2 rings (SSSR count). The standard InChI is InChI=1S/C14H15IN2O/c1-3-17-13(7-10(2)16-17)9-14(18)11-5-4-6-12(15)8-11/h4-8H,3,9H2,1-2H3. The first-order chi connectivity index (χ1) is 8.60. The Morgan fingerprint density at radius 2 is 2.17 bits per heavy atom. The number of nitrogens with zero attached hydrogens (tertiary/aromatic N) is 2. The number of Topliss-reactive ketones (excluding diaryl/α,β-unsaturated/α-hetero) is 1. The molecule has 0 spiro atoms. The number of rotatable bonds is 4. The third-order valence-electron chi connectivity index (χ3n) is 2.77. The molecule has 2 aromatic rings. The number of benzene rings is 1. The summed E-state index contributed by atoms with van der Waals surface area (Å²) in [4.78, 5) is 12.2. The first-order valence-corrected chi connectivity index (χ1v) is 7.00. The summed E-state index contributed by atoms with van der Waals surface area (Å²) in [5, 5.41) is 4.36. The van der Waals surface area contributed by atoms with Gasteiger partial charge in [-0.2, -0.15) is 5.10 Å². The van der Waals surface area contributed by atoms with Gasteiger partial charge in [0.2, 0.25) is 0 Å². The van der Waals surface area contributed by atoms with Gasteiger partial charge in [0.25, 0.3) is 0 Å². The van der Waals surface area contributed by atoms with E-state index >= 15 is 0 Å². The van der Waals surface area contributed by atoms with Crippen molar-refractivity contribution in [3.63, 3.8) is 0 Å². The molecule has 0 aliphatic carbocycles. The number of carbonyl (C=O) groups is 1. The van der Waals surface area contributed by atoms with Gasteiger partial charge in [-0.05, 0) is 54.6 Å². The van der Waals surface area contributed by atoms with Crippen LogP contribution in [0.4, 0.5) is 0 Å². The topological polar surface area (TPSA) is 34.9 Å². The Kier molecular flexibility index (Phi) is 4.16. The Bertz CT molecular complexity index is 575. The van der Waals surface area contributed by atoms with Crippen LogP contribution in [0, 0.1) is 10.5 Å². The largest absolute Gasteiger partial charge is 0.294 e. The smallest absolute Gasteiger partial charge is 0.168 e. The fourth-order valence-electron chi connectivity index (χ4n) is 1.94. The SMILES string of the molecule is CCn1nc(C)cc1CC(=O)c1cccc(I)c1. The maximum Gasteiger partial charge on any atom is 0.168 e. The molecule has 94 valence electrons. The van der Waals surface area contributed by atoms with E-state index in [2.05, 4.69) is 27.7 Å². The van der Waals surface area contributed by atoms with Crippen LogP contribution >= 0.6 is 22.6 Å². The summed E-state index contributed by atoms with van der Waals surface area (Å²) < 4.78 is 2.97. The fraction of sp³-hybridized carbons (Fsp3) is 0.286. The lowest BCUT2D eigenvalue weighted by Gasteiger charge is -2.04. The Morgan fingerprint density at radius 3 is 2.83 bits per heavy atom. The summed E-state index contributed by atoms with van der Waals surface area (Å²) in [6, 6.07) is 9.66. The van der Waals surface area contributed by atoms with E-state index in [1.54, 1.807) is 0 Å². The molecule has 0 radical (unpaired) electrons. The molecule has 0 atom stereocenters. The van der Waals surface area contributed by atoms with E-state index in [0.717, 1.165) is 27.1 Å². The van der Waals surface area contributed by atoms with Crippen molar-refractivity contribution in [2.75, 3.05) is 0 Å². The van der Waals surface area contributed by atoms with Crippen LogP contribution in [-0.2, 0) is 13.0 Å². The van der Waals surface area contributed by atoms with Crippen molar-refractivity contribution in [1.29, 1.82) is 0 Å². The highest BCUT2D eigenvalue weighted by Crippen LogP contribution is 2.12. The number of hydrogen-bond donors (Lipinski definition) is 0. The van der Waals surface area contributed by atoms with Crippen molar-refractivity contribution >= 4 is 28.4 Å². The summed E-state index contributed by atoms with van der Waals surface area (Å²) in [6.45, 7) is 4.78. The third kappa shape index (κ3) is 2.98. The number of ketones is 1. The maximum atomic E-state index is 12.2. The lowest BCUT2D eigenvalue weighted by molar-refractivity contribution is 0.0990. The summed E-state index contributed by atoms with van der Waals surface area (Å²) in [7, 11) is 0. The molecule has 0 unspecified atom stereocenters. The molecule has 18 heavy (non-hydrogen) atoms. The first kappa shape index (κ1) is 13.3. The molecule has 0 N–H and O–H groups in total. The van der Waals surface area contributed by atoms with Gasteiger partial charge in [-0.3, -0.25) is 9.48 Å². The second-order valence-electron chi connectivity index (χ2n) is 4.20. The van der Waals surface area contributed by atoms with Crippen molar-refractivity contribution in [1.82, 2.24) is 9.78 Å². The molecule has 0 amide bonds. The van der Waals surface area contributed by atoms with Gasteiger partial charge in [-0.1, -0.05) is 12.1 Å². The first-order valence-electron chi connectivity index (χ1n) is 5.92. The molecule has 1 aromatic carbocycles. The van der Waals surface area contributed by atoms with E-state index in [4.69, 9.17) is 0 Å². The predicted octanol–water partition coefficient (Wildman–Crippen LogP) is 3.24. The van der Waals surface area contributed by atoms with E-state index in [1.165, 1.54) is 0 Å². The monoisotopic (exact) mass is 354 g/mol. The molecular formula is C14H15IN2O. The van der Waals surface area contributed by atoms with Gasteiger partial charge >= 0.3 is 0 Å². The Balaban J connectivity index is 2.21. The van der Waals surface area contributed by atoms with Gasteiger partial charge in [0, 0.05) is 21.4 Å². The summed E-state index contributed by atoms with van der Waals surface area (Å²) in [5.41, 5.74) is 2.71. The molecule has 3 nitrogen and oxygen atoms in total. The molecule has 4 heteroatoms. The van der Waals surface area contributed by atoms with E-state index in [1.807, 2.05) is 48.9 Å². The van der Waals surface area contributed by atoms with E-state index in [0.29, 0.717) is 6.42 Å². The minimum atomic E-state index is 0.142. The van der Waals surface area contributed by atoms with Gasteiger partial charge in [0.1, 0.15) is 0 Å². The average molecular weight is 354 g/mol. The van der Waals surface area contributed by atoms with E-state index in [-0.39, 0.29) is 5.78 Å². The molecule has 1 aromatic heterocycles. The molecule has 0 aliphatic heterocycles. The normalized spacial score (nSPS) is 10.6. The highest BCUT2D eigenvalue weighted by molar-refractivity contribution is 14.1. The Morgan fingerprint density at radius 1 is 1.39 bits per heavy atom. The molecular weight excluding hydrogens is 339 g/mol. The van der Waals surface area contributed by atoms with Crippen molar-refractivity contribution in [2.24, 2.45) is 0 Å². The number of carbonyl (C=O) groups excluding carboxylic acids is 1. The quantitative estimate of drug-likeness (QED) is 0.624. The van der Waals surface area contributed by atoms with Crippen LogP contribution in [0.25, 0.3) is 0 Å². The van der Waals surface area contributed by atoms with Crippen LogP contribution < -0.4 is 0 Å². The zero-order chi connectivity index (χ0) is 13.1. The predicted molar refractivity (Wildman–Crippen MR) is 79.8 cm³/mol. The van der Waals surface area contributed by atoms with Gasteiger partial charge in [0.15, 0.2) is 5.78 Å². The minimum Gasteiger partial charge on any atom is -0.294 e. The zero-order valence-corrected chi connectivity index (χ0v) is 12.6. The van der Waals surface area contributed by atoms with Crippen LogP contribution in [0.5, 0.6) is 0 Å². The molecule has 0 fully saturated rings. The van der Waals surface area contributed by atoms with Crippen LogP contribution in [-0.4, -0.2) is 15.6 Å². The van der Waals surface area contributed by atoms with Crippen LogP contribution in [0.3, 0.4) is 0 Å². The van der Waals surface area contributed by atoms with Crippen molar-refractivity contribution in [3.05, 3.63) is 50.9 Å².